The second-order valence-electron chi connectivity index (χ2n) is 3.96. The first-order valence-corrected chi connectivity index (χ1v) is 5.76. The monoisotopic (exact) mass is 231 g/mol. The highest BCUT2D eigenvalue weighted by Crippen LogP contribution is 2.27. The zero-order valence-electron chi connectivity index (χ0n) is 9.78. The van der Waals surface area contributed by atoms with E-state index in [0.717, 1.165) is 24.5 Å². The van der Waals surface area contributed by atoms with E-state index in [9.17, 15) is 4.79 Å². The Labute approximate surface area is 101 Å². The number of benzene rings is 1. The molecule has 1 heterocycles. The molecule has 4 heteroatoms. The second-order valence-corrected chi connectivity index (χ2v) is 3.96. The largest absolute Gasteiger partial charge is 0.382 e. The maximum atomic E-state index is 11.7. The van der Waals surface area contributed by atoms with Gasteiger partial charge in [-0.25, -0.2) is 0 Å². The minimum Gasteiger partial charge on any atom is -0.382 e. The van der Waals surface area contributed by atoms with Crippen molar-refractivity contribution in [2.45, 2.75) is 0 Å². The number of nitrogens with one attached hydrogen (secondary N) is 2. The molecule has 0 aliphatic carbocycles. The molecule has 0 fully saturated rings. The summed E-state index contributed by atoms with van der Waals surface area (Å²) in [4.78, 5) is 13.7. The average molecular weight is 231 g/mol. The lowest BCUT2D eigenvalue weighted by Gasteiger charge is -2.31. The Kier molecular flexibility index (Phi) is 3.65. The van der Waals surface area contributed by atoms with Crippen LogP contribution in [-0.2, 0) is 4.79 Å². The molecule has 0 aromatic heterocycles. The van der Waals surface area contributed by atoms with Crippen LogP contribution in [0.2, 0.25) is 0 Å². The third-order valence-corrected chi connectivity index (χ3v) is 2.72. The van der Waals surface area contributed by atoms with Crippen molar-refractivity contribution in [3.8, 4) is 0 Å². The molecule has 0 atom stereocenters. The molecule has 0 spiro atoms. The number of fused-ring (bicyclic) bond motifs is 1. The normalized spacial score (nSPS) is 13.5. The molecule has 1 aliphatic heterocycles. The van der Waals surface area contributed by atoms with Crippen molar-refractivity contribution in [1.82, 2.24) is 5.32 Å². The first kappa shape index (κ1) is 11.5. The maximum Gasteiger partial charge on any atom is 0.239 e. The molecule has 1 aromatic rings. The van der Waals surface area contributed by atoms with Crippen molar-refractivity contribution >= 4 is 17.3 Å². The van der Waals surface area contributed by atoms with Crippen molar-refractivity contribution in [2.24, 2.45) is 0 Å². The quantitative estimate of drug-likeness (QED) is 0.766. The summed E-state index contributed by atoms with van der Waals surface area (Å²) in [6, 6.07) is 8.04. The number of carbonyl (C=O) groups is 1. The van der Waals surface area contributed by atoms with Gasteiger partial charge in [0.1, 0.15) is 0 Å². The van der Waals surface area contributed by atoms with Gasteiger partial charge in [-0.3, -0.25) is 4.79 Å². The SMILES string of the molecule is C=CCNC(=O)CN1CCNc2ccccc21. The van der Waals surface area contributed by atoms with Gasteiger partial charge in [-0.1, -0.05) is 18.2 Å². The zero-order chi connectivity index (χ0) is 12.1. The molecule has 0 saturated heterocycles. The first-order chi connectivity index (χ1) is 8.31. The van der Waals surface area contributed by atoms with Gasteiger partial charge >= 0.3 is 0 Å². The van der Waals surface area contributed by atoms with E-state index in [0.29, 0.717) is 13.1 Å². The Balaban J connectivity index is 2.03. The number of amides is 1. The van der Waals surface area contributed by atoms with Gasteiger partial charge in [-0.15, -0.1) is 6.58 Å². The van der Waals surface area contributed by atoms with Crippen LogP contribution in [0.15, 0.2) is 36.9 Å². The number of rotatable bonds is 4. The van der Waals surface area contributed by atoms with E-state index in [1.807, 2.05) is 24.3 Å². The number of anilines is 2. The van der Waals surface area contributed by atoms with E-state index < -0.39 is 0 Å². The topological polar surface area (TPSA) is 44.4 Å². The molecule has 2 N–H and O–H groups in total. The lowest BCUT2D eigenvalue weighted by atomic mass is 10.2. The summed E-state index contributed by atoms with van der Waals surface area (Å²) in [5.74, 6) is 0.0293. The van der Waals surface area contributed by atoms with Crippen molar-refractivity contribution in [1.29, 1.82) is 0 Å². The highest BCUT2D eigenvalue weighted by molar-refractivity contribution is 5.84. The van der Waals surface area contributed by atoms with Crippen LogP contribution in [0.5, 0.6) is 0 Å². The third-order valence-electron chi connectivity index (χ3n) is 2.72. The third kappa shape index (κ3) is 2.78. The molecule has 1 amide bonds. The Morgan fingerprint density at radius 1 is 1.53 bits per heavy atom. The highest BCUT2D eigenvalue weighted by Gasteiger charge is 2.17. The number of carbonyl (C=O) groups excluding carboxylic acids is 1. The van der Waals surface area contributed by atoms with Gasteiger partial charge in [0.2, 0.25) is 5.91 Å². The summed E-state index contributed by atoms with van der Waals surface area (Å²) in [5.41, 5.74) is 2.18. The van der Waals surface area contributed by atoms with Gasteiger partial charge in [0.05, 0.1) is 17.9 Å². The predicted octanol–water partition coefficient (Wildman–Crippen LogP) is 1.22. The van der Waals surface area contributed by atoms with Crippen molar-refractivity contribution in [2.75, 3.05) is 36.4 Å². The molecule has 2 rings (SSSR count). The van der Waals surface area contributed by atoms with Gasteiger partial charge < -0.3 is 15.5 Å². The molecular formula is C13H17N3O. The molecular weight excluding hydrogens is 214 g/mol. The first-order valence-electron chi connectivity index (χ1n) is 5.76. The van der Waals surface area contributed by atoms with Gasteiger partial charge in [0.25, 0.3) is 0 Å². The standard InChI is InChI=1S/C13H17N3O/c1-2-7-15-13(17)10-16-9-8-14-11-5-3-4-6-12(11)16/h2-6,14H,1,7-10H2,(H,15,17). The molecule has 4 nitrogen and oxygen atoms in total. The van der Waals surface area contributed by atoms with Crippen LogP contribution in [0.25, 0.3) is 0 Å². The Morgan fingerprint density at radius 2 is 2.35 bits per heavy atom. The Hall–Kier alpha value is -1.97. The summed E-state index contributed by atoms with van der Waals surface area (Å²) in [6.45, 7) is 6.21. The van der Waals surface area contributed by atoms with Crippen LogP contribution in [0.4, 0.5) is 11.4 Å². The van der Waals surface area contributed by atoms with Crippen molar-refractivity contribution in [3.05, 3.63) is 36.9 Å². The van der Waals surface area contributed by atoms with Gasteiger partial charge in [0, 0.05) is 19.6 Å². The van der Waals surface area contributed by atoms with E-state index in [1.54, 1.807) is 6.08 Å². The fraction of sp³-hybridized carbons (Fsp3) is 0.308. The minimum absolute atomic E-state index is 0.0293. The van der Waals surface area contributed by atoms with Crippen LogP contribution in [0.3, 0.4) is 0 Å². The minimum atomic E-state index is 0.0293. The maximum absolute atomic E-state index is 11.7. The molecule has 1 aliphatic rings. The Morgan fingerprint density at radius 3 is 3.18 bits per heavy atom. The van der Waals surface area contributed by atoms with Gasteiger partial charge in [-0.05, 0) is 12.1 Å². The summed E-state index contributed by atoms with van der Waals surface area (Å²) < 4.78 is 0. The molecule has 0 saturated carbocycles. The van der Waals surface area contributed by atoms with E-state index in [1.165, 1.54) is 0 Å². The molecule has 0 unspecified atom stereocenters. The Bertz CT molecular complexity index is 417. The molecule has 17 heavy (non-hydrogen) atoms. The number of nitrogens with zero attached hydrogens (tertiary/aromatic N) is 1. The molecule has 1 aromatic carbocycles. The molecule has 0 bridgehead atoms. The van der Waals surface area contributed by atoms with Crippen LogP contribution < -0.4 is 15.5 Å². The average Bonchev–Trinajstić information content (AvgIpc) is 2.37. The van der Waals surface area contributed by atoms with Crippen LogP contribution in [0.1, 0.15) is 0 Å². The van der Waals surface area contributed by atoms with E-state index in [-0.39, 0.29) is 5.91 Å². The molecule has 0 radical (unpaired) electrons. The van der Waals surface area contributed by atoms with Crippen LogP contribution >= 0.6 is 0 Å². The smallest absolute Gasteiger partial charge is 0.239 e. The predicted molar refractivity (Wildman–Crippen MR) is 70.4 cm³/mol. The fourth-order valence-electron chi connectivity index (χ4n) is 1.92. The van der Waals surface area contributed by atoms with Crippen LogP contribution in [-0.4, -0.2) is 32.1 Å². The zero-order valence-corrected chi connectivity index (χ0v) is 9.78. The number of hydrogen-bond acceptors (Lipinski definition) is 3. The van der Waals surface area contributed by atoms with Crippen LogP contribution in [0, 0.1) is 0 Å². The summed E-state index contributed by atoms with van der Waals surface area (Å²) in [7, 11) is 0. The lowest BCUT2D eigenvalue weighted by Crippen LogP contribution is -2.41. The summed E-state index contributed by atoms with van der Waals surface area (Å²) >= 11 is 0. The number of hydrogen-bond donors (Lipinski definition) is 2. The highest BCUT2D eigenvalue weighted by atomic mass is 16.2. The van der Waals surface area contributed by atoms with Crippen molar-refractivity contribution < 1.29 is 4.79 Å². The summed E-state index contributed by atoms with van der Waals surface area (Å²) in [6.07, 6.45) is 1.68. The second kappa shape index (κ2) is 5.39. The van der Waals surface area contributed by atoms with Gasteiger partial charge in [0.15, 0.2) is 0 Å². The van der Waals surface area contributed by atoms with E-state index in [4.69, 9.17) is 0 Å². The fourth-order valence-corrected chi connectivity index (χ4v) is 1.92. The summed E-state index contributed by atoms with van der Waals surface area (Å²) in [5, 5.41) is 6.11. The van der Waals surface area contributed by atoms with E-state index in [2.05, 4.69) is 22.1 Å². The number of para-hydroxylation sites is 2. The van der Waals surface area contributed by atoms with E-state index >= 15 is 0 Å². The van der Waals surface area contributed by atoms with Crippen molar-refractivity contribution in [3.63, 3.8) is 0 Å². The molecule has 90 valence electrons. The van der Waals surface area contributed by atoms with Gasteiger partial charge in [-0.2, -0.15) is 0 Å². The lowest BCUT2D eigenvalue weighted by molar-refractivity contribution is -0.119.